The Balaban J connectivity index is 1.48. The molecule has 0 aromatic heterocycles. The summed E-state index contributed by atoms with van der Waals surface area (Å²) < 4.78 is 28.7. The maximum absolute atomic E-state index is 12.2. The second-order valence-corrected chi connectivity index (χ2v) is 6.71. The summed E-state index contributed by atoms with van der Waals surface area (Å²) in [5.41, 5.74) is 1.85. The molecule has 1 amide bonds. The number of carbonyl (C=O) groups is 1. The van der Waals surface area contributed by atoms with E-state index in [1.54, 1.807) is 0 Å². The second kappa shape index (κ2) is 7.91. The SMILES string of the molecule is O=C(CNc1ccc(OC(F)F)c(Cl)c1)NCC1(c2ccccc2)CC1. The van der Waals surface area contributed by atoms with Gasteiger partial charge in [0, 0.05) is 17.6 Å². The molecule has 2 aromatic rings. The number of ether oxygens (including phenoxy) is 1. The Labute approximate surface area is 155 Å². The van der Waals surface area contributed by atoms with Crippen molar-refractivity contribution in [1.82, 2.24) is 5.32 Å². The highest BCUT2D eigenvalue weighted by Crippen LogP contribution is 2.47. The lowest BCUT2D eigenvalue weighted by molar-refractivity contribution is -0.119. The molecule has 4 nitrogen and oxygen atoms in total. The number of alkyl halides is 2. The molecule has 0 heterocycles. The minimum absolute atomic E-state index is 0.0501. The molecule has 7 heteroatoms. The van der Waals surface area contributed by atoms with Gasteiger partial charge in [-0.15, -0.1) is 0 Å². The molecule has 1 fully saturated rings. The fourth-order valence-electron chi connectivity index (χ4n) is 2.83. The number of rotatable bonds is 8. The number of anilines is 1. The van der Waals surface area contributed by atoms with Crippen molar-refractivity contribution < 1.29 is 18.3 Å². The van der Waals surface area contributed by atoms with E-state index in [1.165, 1.54) is 23.8 Å². The molecule has 2 N–H and O–H groups in total. The van der Waals surface area contributed by atoms with Crippen molar-refractivity contribution in [3.05, 3.63) is 59.1 Å². The van der Waals surface area contributed by atoms with Gasteiger partial charge in [0.15, 0.2) is 0 Å². The summed E-state index contributed by atoms with van der Waals surface area (Å²) >= 11 is 5.89. The van der Waals surface area contributed by atoms with Gasteiger partial charge in [0.25, 0.3) is 0 Å². The Morgan fingerprint density at radius 3 is 2.54 bits per heavy atom. The van der Waals surface area contributed by atoms with Crippen molar-refractivity contribution in [1.29, 1.82) is 0 Å². The van der Waals surface area contributed by atoms with Gasteiger partial charge in [-0.2, -0.15) is 8.78 Å². The number of amides is 1. The highest BCUT2D eigenvalue weighted by molar-refractivity contribution is 6.32. The highest BCUT2D eigenvalue weighted by atomic mass is 35.5. The third kappa shape index (κ3) is 4.64. The van der Waals surface area contributed by atoms with E-state index in [-0.39, 0.29) is 28.6 Å². The first-order valence-corrected chi connectivity index (χ1v) is 8.67. The van der Waals surface area contributed by atoms with E-state index in [0.717, 1.165) is 12.8 Å². The Hall–Kier alpha value is -2.34. The molecule has 1 saturated carbocycles. The molecule has 0 aliphatic heterocycles. The first-order valence-electron chi connectivity index (χ1n) is 8.29. The molecule has 138 valence electrons. The van der Waals surface area contributed by atoms with E-state index in [2.05, 4.69) is 27.5 Å². The maximum atomic E-state index is 12.2. The van der Waals surface area contributed by atoms with Crippen LogP contribution < -0.4 is 15.4 Å². The third-order valence-electron chi connectivity index (χ3n) is 4.46. The van der Waals surface area contributed by atoms with E-state index >= 15 is 0 Å². The quantitative estimate of drug-likeness (QED) is 0.721. The van der Waals surface area contributed by atoms with Gasteiger partial charge in [0.2, 0.25) is 5.91 Å². The zero-order valence-electron chi connectivity index (χ0n) is 14.0. The minimum atomic E-state index is -2.93. The van der Waals surface area contributed by atoms with Gasteiger partial charge in [-0.25, -0.2) is 0 Å². The number of carbonyl (C=O) groups excluding carboxylic acids is 1. The zero-order valence-corrected chi connectivity index (χ0v) is 14.7. The smallest absolute Gasteiger partial charge is 0.387 e. The first kappa shape index (κ1) is 18.5. The van der Waals surface area contributed by atoms with Crippen LogP contribution in [-0.2, 0) is 10.2 Å². The topological polar surface area (TPSA) is 50.4 Å². The van der Waals surface area contributed by atoms with Crippen LogP contribution >= 0.6 is 11.6 Å². The van der Waals surface area contributed by atoms with Crippen LogP contribution in [0, 0.1) is 0 Å². The predicted molar refractivity (Wildman–Crippen MR) is 96.9 cm³/mol. The maximum Gasteiger partial charge on any atom is 0.387 e. The van der Waals surface area contributed by atoms with Crippen molar-refractivity contribution in [2.24, 2.45) is 0 Å². The fourth-order valence-corrected chi connectivity index (χ4v) is 3.05. The van der Waals surface area contributed by atoms with Crippen LogP contribution in [-0.4, -0.2) is 25.6 Å². The minimum Gasteiger partial charge on any atom is -0.433 e. The largest absolute Gasteiger partial charge is 0.433 e. The van der Waals surface area contributed by atoms with E-state index in [0.29, 0.717) is 12.2 Å². The van der Waals surface area contributed by atoms with Gasteiger partial charge in [-0.1, -0.05) is 41.9 Å². The van der Waals surface area contributed by atoms with Gasteiger partial charge in [-0.3, -0.25) is 4.79 Å². The molecule has 3 rings (SSSR count). The van der Waals surface area contributed by atoms with Gasteiger partial charge < -0.3 is 15.4 Å². The van der Waals surface area contributed by atoms with Gasteiger partial charge in [0.05, 0.1) is 11.6 Å². The van der Waals surface area contributed by atoms with Crippen LogP contribution in [0.5, 0.6) is 5.75 Å². The fraction of sp³-hybridized carbons (Fsp3) is 0.316. The Bertz CT molecular complexity index is 767. The van der Waals surface area contributed by atoms with E-state index in [4.69, 9.17) is 11.6 Å². The summed E-state index contributed by atoms with van der Waals surface area (Å²) in [6.07, 6.45) is 2.12. The van der Waals surface area contributed by atoms with Crippen molar-refractivity contribution in [2.75, 3.05) is 18.4 Å². The van der Waals surface area contributed by atoms with Crippen molar-refractivity contribution in [3.8, 4) is 5.75 Å². The second-order valence-electron chi connectivity index (χ2n) is 6.30. The van der Waals surface area contributed by atoms with Gasteiger partial charge in [-0.05, 0) is 36.6 Å². The lowest BCUT2D eigenvalue weighted by Crippen LogP contribution is -2.35. The number of halogens is 3. The van der Waals surface area contributed by atoms with Crippen LogP contribution in [0.2, 0.25) is 5.02 Å². The van der Waals surface area contributed by atoms with Crippen molar-refractivity contribution in [2.45, 2.75) is 24.9 Å². The summed E-state index contributed by atoms with van der Waals surface area (Å²) in [6, 6.07) is 14.5. The van der Waals surface area contributed by atoms with Crippen LogP contribution in [0.25, 0.3) is 0 Å². The summed E-state index contributed by atoms with van der Waals surface area (Å²) in [5.74, 6) is -0.244. The molecule has 0 saturated heterocycles. The van der Waals surface area contributed by atoms with E-state index in [9.17, 15) is 13.6 Å². The van der Waals surface area contributed by atoms with E-state index in [1.807, 2.05) is 18.2 Å². The van der Waals surface area contributed by atoms with Gasteiger partial charge >= 0.3 is 6.61 Å². The number of nitrogens with one attached hydrogen (secondary N) is 2. The standard InChI is InChI=1S/C19H19ClF2N2O2/c20-15-10-14(6-7-16(15)26-18(21)22)23-11-17(25)24-12-19(8-9-19)13-4-2-1-3-5-13/h1-7,10,18,23H,8-9,11-12H2,(H,24,25). The lowest BCUT2D eigenvalue weighted by atomic mass is 9.96. The Morgan fingerprint density at radius 2 is 1.92 bits per heavy atom. The van der Waals surface area contributed by atoms with Crippen molar-refractivity contribution >= 4 is 23.2 Å². The van der Waals surface area contributed by atoms with Crippen LogP contribution in [0.1, 0.15) is 18.4 Å². The molecule has 0 bridgehead atoms. The number of hydrogen-bond donors (Lipinski definition) is 2. The van der Waals surface area contributed by atoms with Crippen LogP contribution in [0.4, 0.5) is 14.5 Å². The average molecular weight is 381 g/mol. The molecule has 0 radical (unpaired) electrons. The highest BCUT2D eigenvalue weighted by Gasteiger charge is 2.44. The molecular weight excluding hydrogens is 362 g/mol. The third-order valence-corrected chi connectivity index (χ3v) is 4.76. The van der Waals surface area contributed by atoms with Crippen molar-refractivity contribution in [3.63, 3.8) is 0 Å². The Kier molecular flexibility index (Phi) is 5.61. The normalized spacial score (nSPS) is 14.8. The summed E-state index contributed by atoms with van der Waals surface area (Å²) in [6.45, 7) is -2.27. The number of hydrogen-bond acceptors (Lipinski definition) is 3. The lowest BCUT2D eigenvalue weighted by Gasteiger charge is -2.17. The average Bonchev–Trinajstić information content (AvgIpc) is 3.42. The predicted octanol–water partition coefficient (Wildman–Crippen LogP) is 4.20. The van der Waals surface area contributed by atoms with Crippen LogP contribution in [0.15, 0.2) is 48.5 Å². The first-order chi connectivity index (χ1) is 12.5. The number of benzene rings is 2. The van der Waals surface area contributed by atoms with E-state index < -0.39 is 6.61 Å². The molecule has 2 aromatic carbocycles. The molecule has 0 spiro atoms. The van der Waals surface area contributed by atoms with Crippen LogP contribution in [0.3, 0.4) is 0 Å². The van der Waals surface area contributed by atoms with Gasteiger partial charge in [0.1, 0.15) is 5.75 Å². The Morgan fingerprint density at radius 1 is 1.19 bits per heavy atom. The molecule has 26 heavy (non-hydrogen) atoms. The molecule has 0 atom stereocenters. The molecule has 1 aliphatic rings. The zero-order chi connectivity index (χ0) is 18.6. The summed E-state index contributed by atoms with van der Waals surface area (Å²) in [7, 11) is 0. The monoisotopic (exact) mass is 380 g/mol. The molecule has 1 aliphatic carbocycles. The molecular formula is C19H19ClF2N2O2. The molecule has 0 unspecified atom stereocenters. The summed E-state index contributed by atoms with van der Waals surface area (Å²) in [5, 5.41) is 5.92. The summed E-state index contributed by atoms with van der Waals surface area (Å²) in [4.78, 5) is 12.1.